The molecule has 0 radical (unpaired) electrons. The summed E-state index contributed by atoms with van der Waals surface area (Å²) in [5, 5.41) is 2.91. The van der Waals surface area contributed by atoms with E-state index in [1.165, 1.54) is 5.56 Å². The van der Waals surface area contributed by atoms with Gasteiger partial charge in [0, 0.05) is 11.3 Å². The number of methoxy groups -OCH3 is 1. The average Bonchev–Trinajstić information content (AvgIpc) is 2.58. The third kappa shape index (κ3) is 4.51. The molecule has 0 unspecified atom stereocenters. The van der Waals surface area contributed by atoms with Gasteiger partial charge in [0.1, 0.15) is 0 Å². The first-order valence-corrected chi connectivity index (χ1v) is 8.24. The lowest BCUT2D eigenvalue weighted by atomic mass is 10.1. The third-order valence-electron chi connectivity index (χ3n) is 3.95. The van der Waals surface area contributed by atoms with Crippen LogP contribution in [0.5, 0.6) is 11.5 Å². The molecule has 0 aliphatic rings. The van der Waals surface area contributed by atoms with Crippen molar-refractivity contribution in [1.82, 2.24) is 0 Å². The summed E-state index contributed by atoms with van der Waals surface area (Å²) in [6, 6.07) is 11.1. The first kappa shape index (κ1) is 17.9. The highest BCUT2D eigenvalue weighted by molar-refractivity contribution is 6.04. The number of hydrogen-bond acceptors (Lipinski definition) is 3. The van der Waals surface area contributed by atoms with Gasteiger partial charge < -0.3 is 14.8 Å². The van der Waals surface area contributed by atoms with Crippen molar-refractivity contribution in [2.75, 3.05) is 19.0 Å². The van der Waals surface area contributed by atoms with Crippen LogP contribution in [0, 0.1) is 13.8 Å². The van der Waals surface area contributed by atoms with E-state index < -0.39 is 0 Å². The van der Waals surface area contributed by atoms with Crippen LogP contribution in [0.2, 0.25) is 0 Å². The number of benzene rings is 2. The second-order valence-corrected chi connectivity index (χ2v) is 5.82. The molecular formula is C20H25NO3. The first-order chi connectivity index (χ1) is 11.5. The fraction of sp³-hybridized carbons (Fsp3) is 0.350. The molecule has 1 amide bonds. The number of unbranched alkanes of at least 4 members (excludes halogenated alkanes) is 1. The number of carbonyl (C=O) groups is 1. The summed E-state index contributed by atoms with van der Waals surface area (Å²) in [6.07, 6.45) is 2.05. The Labute approximate surface area is 143 Å². The molecule has 0 spiro atoms. The number of ether oxygens (including phenoxy) is 2. The van der Waals surface area contributed by atoms with Crippen LogP contribution in [0.15, 0.2) is 36.4 Å². The smallest absolute Gasteiger partial charge is 0.255 e. The molecule has 2 aromatic carbocycles. The van der Waals surface area contributed by atoms with E-state index in [1.54, 1.807) is 25.3 Å². The van der Waals surface area contributed by atoms with Crippen LogP contribution in [-0.2, 0) is 0 Å². The van der Waals surface area contributed by atoms with Gasteiger partial charge in [-0.15, -0.1) is 0 Å². The van der Waals surface area contributed by atoms with Gasteiger partial charge in [-0.05, 0) is 61.7 Å². The normalized spacial score (nSPS) is 10.3. The Morgan fingerprint density at radius 2 is 1.83 bits per heavy atom. The Bertz CT molecular complexity index is 710. The summed E-state index contributed by atoms with van der Waals surface area (Å²) < 4.78 is 11.0. The number of anilines is 1. The maximum absolute atomic E-state index is 12.4. The zero-order chi connectivity index (χ0) is 17.5. The monoisotopic (exact) mass is 327 g/mol. The zero-order valence-corrected chi connectivity index (χ0v) is 14.8. The SMILES string of the molecule is CCCCOc1ccc(C(=O)Nc2ccc(C)c(C)c2)cc1OC. The maximum Gasteiger partial charge on any atom is 0.255 e. The van der Waals surface area contributed by atoms with Crippen LogP contribution in [0.3, 0.4) is 0 Å². The lowest BCUT2D eigenvalue weighted by Gasteiger charge is -2.12. The van der Waals surface area contributed by atoms with Gasteiger partial charge in [0.15, 0.2) is 11.5 Å². The van der Waals surface area contributed by atoms with Crippen LogP contribution in [0.25, 0.3) is 0 Å². The van der Waals surface area contributed by atoms with Crippen LogP contribution >= 0.6 is 0 Å². The molecule has 0 fully saturated rings. The number of carbonyl (C=O) groups excluding carboxylic acids is 1. The molecule has 0 saturated carbocycles. The van der Waals surface area contributed by atoms with Crippen molar-refractivity contribution >= 4 is 11.6 Å². The Morgan fingerprint density at radius 1 is 1.04 bits per heavy atom. The fourth-order valence-electron chi connectivity index (χ4n) is 2.28. The van der Waals surface area contributed by atoms with E-state index in [-0.39, 0.29) is 5.91 Å². The maximum atomic E-state index is 12.4. The van der Waals surface area contributed by atoms with E-state index in [0.717, 1.165) is 24.1 Å². The molecule has 0 atom stereocenters. The van der Waals surface area contributed by atoms with E-state index in [4.69, 9.17) is 9.47 Å². The van der Waals surface area contributed by atoms with Crippen LogP contribution < -0.4 is 14.8 Å². The molecule has 4 heteroatoms. The molecule has 24 heavy (non-hydrogen) atoms. The molecule has 0 bridgehead atoms. The van der Waals surface area contributed by atoms with Gasteiger partial charge >= 0.3 is 0 Å². The highest BCUT2D eigenvalue weighted by Crippen LogP contribution is 2.28. The summed E-state index contributed by atoms with van der Waals surface area (Å²) in [7, 11) is 1.58. The molecule has 2 rings (SSSR count). The molecule has 2 aromatic rings. The van der Waals surface area contributed by atoms with Gasteiger partial charge in [0.2, 0.25) is 0 Å². The highest BCUT2D eigenvalue weighted by atomic mass is 16.5. The van der Waals surface area contributed by atoms with Crippen LogP contribution in [0.1, 0.15) is 41.3 Å². The molecular weight excluding hydrogens is 302 g/mol. The number of hydrogen-bond donors (Lipinski definition) is 1. The Hall–Kier alpha value is -2.49. The quantitative estimate of drug-likeness (QED) is 0.747. The van der Waals surface area contributed by atoms with E-state index in [9.17, 15) is 4.79 Å². The molecule has 128 valence electrons. The summed E-state index contributed by atoms with van der Waals surface area (Å²) in [5.41, 5.74) is 3.66. The van der Waals surface area contributed by atoms with Gasteiger partial charge in [0.05, 0.1) is 13.7 Å². The zero-order valence-electron chi connectivity index (χ0n) is 14.8. The number of nitrogens with one attached hydrogen (secondary N) is 1. The van der Waals surface area contributed by atoms with E-state index >= 15 is 0 Å². The molecule has 0 aliphatic carbocycles. The summed E-state index contributed by atoms with van der Waals surface area (Å²) in [4.78, 5) is 12.4. The molecule has 0 aliphatic heterocycles. The van der Waals surface area contributed by atoms with Gasteiger partial charge in [-0.1, -0.05) is 19.4 Å². The molecule has 4 nitrogen and oxygen atoms in total. The van der Waals surface area contributed by atoms with Gasteiger partial charge in [-0.25, -0.2) is 0 Å². The average molecular weight is 327 g/mol. The number of rotatable bonds is 7. The Morgan fingerprint density at radius 3 is 2.50 bits per heavy atom. The van der Waals surface area contributed by atoms with Gasteiger partial charge in [0.25, 0.3) is 5.91 Å². The van der Waals surface area contributed by atoms with Gasteiger partial charge in [-0.3, -0.25) is 4.79 Å². The summed E-state index contributed by atoms with van der Waals surface area (Å²) in [5.74, 6) is 1.06. The second kappa shape index (κ2) is 8.39. The predicted molar refractivity (Wildman–Crippen MR) is 97.3 cm³/mol. The largest absolute Gasteiger partial charge is 0.493 e. The van der Waals surface area contributed by atoms with Crippen molar-refractivity contribution in [3.63, 3.8) is 0 Å². The van der Waals surface area contributed by atoms with Crippen molar-refractivity contribution in [1.29, 1.82) is 0 Å². The topological polar surface area (TPSA) is 47.6 Å². The lowest BCUT2D eigenvalue weighted by molar-refractivity contribution is 0.102. The second-order valence-electron chi connectivity index (χ2n) is 5.82. The molecule has 0 saturated heterocycles. The third-order valence-corrected chi connectivity index (χ3v) is 3.95. The Kier molecular flexibility index (Phi) is 6.24. The number of aryl methyl sites for hydroxylation is 2. The summed E-state index contributed by atoms with van der Waals surface area (Å²) >= 11 is 0. The van der Waals surface area contributed by atoms with E-state index in [0.29, 0.717) is 23.7 Å². The Balaban J connectivity index is 2.12. The highest BCUT2D eigenvalue weighted by Gasteiger charge is 2.12. The standard InChI is InChI=1S/C20H25NO3/c1-5-6-11-24-18-10-8-16(13-19(18)23-4)20(22)21-17-9-7-14(2)15(3)12-17/h7-10,12-13H,5-6,11H2,1-4H3,(H,21,22). The van der Waals surface area contributed by atoms with E-state index in [1.807, 2.05) is 32.0 Å². The van der Waals surface area contributed by atoms with E-state index in [2.05, 4.69) is 12.2 Å². The first-order valence-electron chi connectivity index (χ1n) is 8.24. The molecule has 1 N–H and O–H groups in total. The summed E-state index contributed by atoms with van der Waals surface area (Å²) in [6.45, 7) is 6.82. The van der Waals surface area contributed by atoms with Crippen molar-refractivity contribution in [2.24, 2.45) is 0 Å². The van der Waals surface area contributed by atoms with Crippen molar-refractivity contribution in [3.8, 4) is 11.5 Å². The van der Waals surface area contributed by atoms with Crippen molar-refractivity contribution < 1.29 is 14.3 Å². The fourth-order valence-corrected chi connectivity index (χ4v) is 2.28. The number of amides is 1. The predicted octanol–water partition coefficient (Wildman–Crippen LogP) is 4.74. The van der Waals surface area contributed by atoms with Gasteiger partial charge in [-0.2, -0.15) is 0 Å². The van der Waals surface area contributed by atoms with Crippen LogP contribution in [0.4, 0.5) is 5.69 Å². The van der Waals surface area contributed by atoms with Crippen molar-refractivity contribution in [2.45, 2.75) is 33.6 Å². The van der Waals surface area contributed by atoms with Crippen LogP contribution in [-0.4, -0.2) is 19.6 Å². The lowest BCUT2D eigenvalue weighted by Crippen LogP contribution is -2.12. The minimum absolute atomic E-state index is 0.170. The minimum Gasteiger partial charge on any atom is -0.493 e. The molecule has 0 heterocycles. The van der Waals surface area contributed by atoms with Crippen molar-refractivity contribution in [3.05, 3.63) is 53.1 Å². The minimum atomic E-state index is -0.170. The molecule has 0 aromatic heterocycles.